The van der Waals surface area contributed by atoms with E-state index in [-0.39, 0.29) is 5.57 Å². The minimum absolute atomic E-state index is 0.106. The number of hydrogen-bond acceptors (Lipinski definition) is 5. The molecule has 0 saturated carbocycles. The van der Waals surface area contributed by atoms with E-state index in [9.17, 15) is 19.2 Å². The van der Waals surface area contributed by atoms with Crippen LogP contribution in [0.3, 0.4) is 0 Å². The van der Waals surface area contributed by atoms with Gasteiger partial charge in [0.15, 0.2) is 5.78 Å². The fourth-order valence-corrected chi connectivity index (χ4v) is 6.68. The first kappa shape index (κ1) is 22.9. The number of methoxy groups -OCH3 is 1. The number of hydrogen-bond donors (Lipinski definition) is 0. The molecule has 2 amide bonds. The third kappa shape index (κ3) is 2.51. The third-order valence-electron chi connectivity index (χ3n) is 8.16. The largest absolute Gasteiger partial charge is 0.469 e. The van der Waals surface area contributed by atoms with Crippen LogP contribution in [0.2, 0.25) is 0 Å². The first-order chi connectivity index (χ1) is 17.8. The molecule has 3 aliphatic rings. The standard InChI is InChI=1S/C30H24N2O5/c1-31-23-15-9-7-13-19(23)29(27(31)35)21(25(33)18-11-5-4-6-12-18)17-22(26(34)37-3)30(29)20-14-8-10-16-24(20)32(2)28(30)36/h4-17,22H,1-3H3/t22-,29-,30-/m0/s1. The van der Waals surface area contributed by atoms with E-state index in [2.05, 4.69) is 0 Å². The maximum Gasteiger partial charge on any atom is 0.314 e. The van der Waals surface area contributed by atoms with Crippen molar-refractivity contribution in [1.82, 2.24) is 0 Å². The number of ether oxygens (including phenoxy) is 1. The van der Waals surface area contributed by atoms with Gasteiger partial charge in [-0.25, -0.2) is 0 Å². The van der Waals surface area contributed by atoms with Gasteiger partial charge in [0.05, 0.1) is 13.0 Å². The van der Waals surface area contributed by atoms with Crippen molar-refractivity contribution in [3.8, 4) is 0 Å². The van der Waals surface area contributed by atoms with Crippen LogP contribution in [0.1, 0.15) is 21.5 Å². The molecule has 37 heavy (non-hydrogen) atoms. The fourth-order valence-electron chi connectivity index (χ4n) is 6.68. The summed E-state index contributed by atoms with van der Waals surface area (Å²) >= 11 is 0. The van der Waals surface area contributed by atoms with Crippen LogP contribution in [-0.2, 0) is 30.0 Å². The number of ketones is 1. The van der Waals surface area contributed by atoms with Crippen molar-refractivity contribution in [2.24, 2.45) is 5.92 Å². The zero-order valence-corrected chi connectivity index (χ0v) is 20.6. The predicted molar refractivity (Wildman–Crippen MR) is 137 cm³/mol. The Labute approximate surface area is 213 Å². The summed E-state index contributed by atoms with van der Waals surface area (Å²) in [7, 11) is 4.51. The van der Waals surface area contributed by atoms with E-state index in [1.54, 1.807) is 93.0 Å². The number of benzene rings is 3. The Morgan fingerprint density at radius 2 is 1.30 bits per heavy atom. The molecule has 7 nitrogen and oxygen atoms in total. The molecule has 3 aromatic carbocycles. The normalized spacial score (nSPS) is 25.5. The molecular formula is C30H24N2O5. The Kier molecular flexibility index (Phi) is 4.79. The quantitative estimate of drug-likeness (QED) is 0.413. The van der Waals surface area contributed by atoms with Crippen LogP contribution >= 0.6 is 0 Å². The number of carbonyl (C=O) groups excluding carboxylic acids is 4. The molecule has 184 valence electrons. The van der Waals surface area contributed by atoms with E-state index in [1.165, 1.54) is 23.0 Å². The first-order valence-corrected chi connectivity index (χ1v) is 12.0. The number of nitrogens with zero attached hydrogens (tertiary/aromatic N) is 2. The lowest BCUT2D eigenvalue weighted by atomic mass is 9.53. The highest BCUT2D eigenvalue weighted by atomic mass is 16.5. The number of amides is 2. The Morgan fingerprint density at radius 1 is 0.757 bits per heavy atom. The summed E-state index contributed by atoms with van der Waals surface area (Å²) in [6.45, 7) is 0. The van der Waals surface area contributed by atoms with E-state index < -0.39 is 40.3 Å². The van der Waals surface area contributed by atoms with E-state index in [1.807, 2.05) is 0 Å². The topological polar surface area (TPSA) is 84.0 Å². The summed E-state index contributed by atoms with van der Waals surface area (Å²) in [5.41, 5.74) is -0.849. The van der Waals surface area contributed by atoms with Crippen LogP contribution in [0.15, 0.2) is 90.5 Å². The molecule has 0 unspecified atom stereocenters. The molecule has 2 aliphatic heterocycles. The van der Waals surface area contributed by atoms with Crippen LogP contribution in [0, 0.1) is 5.92 Å². The van der Waals surface area contributed by atoms with Gasteiger partial charge in [-0.3, -0.25) is 19.2 Å². The van der Waals surface area contributed by atoms with Crippen LogP contribution < -0.4 is 9.80 Å². The Hall–Kier alpha value is -4.52. The maximum atomic E-state index is 14.6. The fraction of sp³-hybridized carbons (Fsp3) is 0.200. The molecule has 3 atom stereocenters. The first-order valence-electron chi connectivity index (χ1n) is 12.0. The van der Waals surface area contributed by atoms with Crippen molar-refractivity contribution in [3.63, 3.8) is 0 Å². The van der Waals surface area contributed by atoms with E-state index in [0.29, 0.717) is 28.1 Å². The Bertz CT molecular complexity index is 1540. The smallest absolute Gasteiger partial charge is 0.314 e. The molecule has 0 N–H and O–H groups in total. The Balaban J connectivity index is 1.79. The van der Waals surface area contributed by atoms with Gasteiger partial charge < -0.3 is 14.5 Å². The zero-order chi connectivity index (χ0) is 26.1. The van der Waals surface area contributed by atoms with E-state index in [0.717, 1.165) is 0 Å². The highest BCUT2D eigenvalue weighted by Crippen LogP contribution is 2.67. The molecule has 0 radical (unpaired) electrons. The monoisotopic (exact) mass is 492 g/mol. The van der Waals surface area contributed by atoms with Gasteiger partial charge in [-0.05, 0) is 23.3 Å². The van der Waals surface area contributed by atoms with Crippen molar-refractivity contribution in [1.29, 1.82) is 0 Å². The molecule has 2 spiro atoms. The number of para-hydroxylation sites is 2. The summed E-state index contributed by atoms with van der Waals surface area (Å²) in [5.74, 6) is -3.18. The summed E-state index contributed by atoms with van der Waals surface area (Å²) in [6, 6.07) is 22.9. The van der Waals surface area contributed by atoms with Gasteiger partial charge in [-0.15, -0.1) is 0 Å². The van der Waals surface area contributed by atoms with Gasteiger partial charge in [0, 0.05) is 36.6 Å². The second kappa shape index (κ2) is 7.74. The number of Topliss-reactive ketones (excluding diaryl/α,β-unsaturated/α-hetero) is 1. The lowest BCUT2D eigenvalue weighted by Crippen LogP contribution is -2.62. The number of carbonyl (C=O) groups is 4. The van der Waals surface area contributed by atoms with Crippen LogP contribution in [-0.4, -0.2) is 44.8 Å². The molecule has 0 bridgehead atoms. The molecule has 2 heterocycles. The van der Waals surface area contributed by atoms with Gasteiger partial charge in [0.2, 0.25) is 11.8 Å². The van der Waals surface area contributed by atoms with Crippen molar-refractivity contribution >= 4 is 34.9 Å². The van der Waals surface area contributed by atoms with Crippen LogP contribution in [0.25, 0.3) is 0 Å². The molecule has 7 heteroatoms. The predicted octanol–water partition coefficient (Wildman–Crippen LogP) is 3.43. The van der Waals surface area contributed by atoms with Gasteiger partial charge >= 0.3 is 5.97 Å². The zero-order valence-electron chi connectivity index (χ0n) is 20.6. The van der Waals surface area contributed by atoms with Gasteiger partial charge in [0.25, 0.3) is 0 Å². The van der Waals surface area contributed by atoms with Crippen molar-refractivity contribution in [2.45, 2.75) is 10.8 Å². The number of likely N-dealkylation sites (N-methyl/N-ethyl adjacent to an activating group) is 2. The molecular weight excluding hydrogens is 468 g/mol. The summed E-state index contributed by atoms with van der Waals surface area (Å²) in [6.07, 6.45) is 1.50. The highest BCUT2D eigenvalue weighted by Gasteiger charge is 2.78. The van der Waals surface area contributed by atoms with Crippen molar-refractivity contribution in [3.05, 3.63) is 107 Å². The Morgan fingerprint density at radius 3 is 1.95 bits per heavy atom. The summed E-state index contributed by atoms with van der Waals surface area (Å²) in [5, 5.41) is 0. The van der Waals surface area contributed by atoms with Crippen molar-refractivity contribution < 1.29 is 23.9 Å². The minimum Gasteiger partial charge on any atom is -0.469 e. The number of rotatable bonds is 3. The van der Waals surface area contributed by atoms with E-state index in [4.69, 9.17) is 4.74 Å². The molecule has 6 rings (SSSR count). The van der Waals surface area contributed by atoms with Gasteiger partial charge in [0.1, 0.15) is 10.8 Å². The molecule has 0 saturated heterocycles. The average molecular weight is 493 g/mol. The molecule has 0 fully saturated rings. The second-order valence-corrected chi connectivity index (χ2v) is 9.60. The number of esters is 1. The lowest BCUT2D eigenvalue weighted by molar-refractivity contribution is -0.150. The molecule has 1 aliphatic carbocycles. The SMILES string of the molecule is COC(=O)[C@@H]1C=C(C(=O)c2ccccc2)[C@@]2(C(=O)N(C)c3ccccc32)[C@]12C(=O)N(C)c1ccccc12. The van der Waals surface area contributed by atoms with Crippen LogP contribution in [0.4, 0.5) is 11.4 Å². The third-order valence-corrected chi connectivity index (χ3v) is 8.16. The van der Waals surface area contributed by atoms with Crippen molar-refractivity contribution in [2.75, 3.05) is 31.0 Å². The van der Waals surface area contributed by atoms with Gasteiger partial charge in [-0.1, -0.05) is 72.8 Å². The molecule has 3 aromatic rings. The minimum atomic E-state index is -1.78. The lowest BCUT2D eigenvalue weighted by Gasteiger charge is -2.42. The summed E-state index contributed by atoms with van der Waals surface area (Å²) < 4.78 is 5.22. The number of anilines is 2. The van der Waals surface area contributed by atoms with Gasteiger partial charge in [-0.2, -0.15) is 0 Å². The maximum absolute atomic E-state index is 14.6. The summed E-state index contributed by atoms with van der Waals surface area (Å²) in [4.78, 5) is 59.9. The van der Waals surface area contributed by atoms with E-state index >= 15 is 0 Å². The average Bonchev–Trinajstić information content (AvgIpc) is 3.47. The van der Waals surface area contributed by atoms with Crippen LogP contribution in [0.5, 0.6) is 0 Å². The second-order valence-electron chi connectivity index (χ2n) is 9.60. The molecule has 0 aromatic heterocycles. The highest BCUT2D eigenvalue weighted by molar-refractivity contribution is 6.28. The number of fused-ring (bicyclic) bond motifs is 5.